The van der Waals surface area contributed by atoms with Crippen LogP contribution in [0.1, 0.15) is 10.6 Å². The highest BCUT2D eigenvalue weighted by Gasteiger charge is 2.47. The predicted octanol–water partition coefficient (Wildman–Crippen LogP) is 1.27. The van der Waals surface area contributed by atoms with E-state index in [0.717, 1.165) is 6.07 Å². The van der Waals surface area contributed by atoms with Gasteiger partial charge in [-0.15, -0.1) is 0 Å². The second-order valence-corrected chi connectivity index (χ2v) is 5.59. The molecule has 11 heteroatoms. The highest BCUT2D eigenvalue weighted by Crippen LogP contribution is 2.31. The molecule has 0 saturated heterocycles. The van der Waals surface area contributed by atoms with Crippen molar-refractivity contribution in [1.82, 2.24) is 9.71 Å². The molecule has 2 N–H and O–H groups in total. The van der Waals surface area contributed by atoms with Crippen LogP contribution in [0.15, 0.2) is 23.1 Å². The summed E-state index contributed by atoms with van der Waals surface area (Å²) in [6.07, 6.45) is 0. The summed E-state index contributed by atoms with van der Waals surface area (Å²) in [6.45, 7) is 0. The minimum atomic E-state index is -5.60. The standard InChI is InChI=1S/C9H5F3N2O5S/c10-9(11,12)20(18,19)4-1-2-5-6(3-4)14(17)7(13-5)8(15)16/h1-3,17H,(H,15,16). The number of nitrogens with zero attached hydrogens (tertiary/aromatic N) is 2. The Morgan fingerprint density at radius 1 is 1.30 bits per heavy atom. The maximum atomic E-state index is 12.4. The molecule has 108 valence electrons. The van der Waals surface area contributed by atoms with Crippen LogP contribution in [0, 0.1) is 0 Å². The van der Waals surface area contributed by atoms with Gasteiger partial charge in [-0.25, -0.2) is 18.2 Å². The van der Waals surface area contributed by atoms with E-state index >= 15 is 0 Å². The highest BCUT2D eigenvalue weighted by atomic mass is 32.2. The van der Waals surface area contributed by atoms with Crippen LogP contribution in [-0.4, -0.2) is 39.9 Å². The molecule has 2 rings (SSSR count). The lowest BCUT2D eigenvalue weighted by Gasteiger charge is -2.07. The summed E-state index contributed by atoms with van der Waals surface area (Å²) in [6, 6.07) is 1.99. The molecule has 0 radical (unpaired) electrons. The fourth-order valence-corrected chi connectivity index (χ4v) is 2.26. The zero-order valence-electron chi connectivity index (χ0n) is 9.29. The number of carbonyl (C=O) groups is 1. The maximum absolute atomic E-state index is 12.4. The van der Waals surface area contributed by atoms with Gasteiger partial charge in [-0.3, -0.25) is 0 Å². The van der Waals surface area contributed by atoms with Crippen LogP contribution >= 0.6 is 0 Å². The first kappa shape index (κ1) is 14.1. The molecule has 1 heterocycles. The molecule has 1 aromatic carbocycles. The van der Waals surface area contributed by atoms with Crippen molar-refractivity contribution in [2.45, 2.75) is 10.4 Å². The van der Waals surface area contributed by atoms with Gasteiger partial charge in [-0.1, -0.05) is 0 Å². The van der Waals surface area contributed by atoms with E-state index in [1.165, 1.54) is 0 Å². The third-order valence-electron chi connectivity index (χ3n) is 2.41. The molecule has 0 amide bonds. The first-order valence-electron chi connectivity index (χ1n) is 4.82. The fraction of sp³-hybridized carbons (Fsp3) is 0.111. The van der Waals surface area contributed by atoms with E-state index in [4.69, 9.17) is 5.11 Å². The fourth-order valence-electron chi connectivity index (χ4n) is 1.48. The van der Waals surface area contributed by atoms with Crippen molar-refractivity contribution in [1.29, 1.82) is 0 Å². The molecule has 20 heavy (non-hydrogen) atoms. The van der Waals surface area contributed by atoms with E-state index in [-0.39, 0.29) is 10.2 Å². The minimum absolute atomic E-state index is 0.00700. The predicted molar refractivity (Wildman–Crippen MR) is 57.1 cm³/mol. The summed E-state index contributed by atoms with van der Waals surface area (Å²) in [4.78, 5) is 13.0. The van der Waals surface area contributed by atoms with E-state index in [9.17, 15) is 31.6 Å². The summed E-state index contributed by atoms with van der Waals surface area (Å²) in [5.41, 5.74) is -6.13. The van der Waals surface area contributed by atoms with Crippen LogP contribution in [-0.2, 0) is 9.84 Å². The Morgan fingerprint density at radius 3 is 2.40 bits per heavy atom. The van der Waals surface area contributed by atoms with Crippen LogP contribution < -0.4 is 0 Å². The van der Waals surface area contributed by atoms with Crippen molar-refractivity contribution in [3.05, 3.63) is 24.0 Å². The van der Waals surface area contributed by atoms with Gasteiger partial charge in [-0.2, -0.15) is 17.9 Å². The Kier molecular flexibility index (Phi) is 2.89. The van der Waals surface area contributed by atoms with Crippen LogP contribution in [0.25, 0.3) is 11.0 Å². The molecule has 0 bridgehead atoms. The quantitative estimate of drug-likeness (QED) is 0.808. The van der Waals surface area contributed by atoms with Crippen molar-refractivity contribution < 1.29 is 36.7 Å². The lowest BCUT2D eigenvalue weighted by molar-refractivity contribution is -0.0436. The molecule has 0 unspecified atom stereocenters. The molecule has 0 aliphatic rings. The number of carboxylic acids is 1. The van der Waals surface area contributed by atoms with E-state index in [1.807, 2.05) is 0 Å². The second-order valence-electron chi connectivity index (χ2n) is 3.65. The van der Waals surface area contributed by atoms with Crippen molar-refractivity contribution in [2.24, 2.45) is 0 Å². The topological polar surface area (TPSA) is 109 Å². The number of sulfone groups is 1. The number of aromatic nitrogens is 2. The number of hydrogen-bond donors (Lipinski definition) is 2. The molecule has 7 nitrogen and oxygen atoms in total. The monoisotopic (exact) mass is 310 g/mol. The summed E-state index contributed by atoms with van der Waals surface area (Å²) < 4.78 is 59.6. The van der Waals surface area contributed by atoms with Gasteiger partial charge in [0.1, 0.15) is 5.52 Å². The number of imidazole rings is 1. The molecule has 0 spiro atoms. The molecule has 0 aliphatic carbocycles. The first-order chi connectivity index (χ1) is 9.05. The van der Waals surface area contributed by atoms with Crippen LogP contribution in [0.4, 0.5) is 13.2 Å². The zero-order chi connectivity index (χ0) is 15.3. The van der Waals surface area contributed by atoms with Crippen molar-refractivity contribution in [2.75, 3.05) is 0 Å². The molecule has 0 aliphatic heterocycles. The first-order valence-corrected chi connectivity index (χ1v) is 6.30. The molecule has 0 fully saturated rings. The Morgan fingerprint density at radius 2 is 1.90 bits per heavy atom. The number of fused-ring (bicyclic) bond motifs is 1. The zero-order valence-corrected chi connectivity index (χ0v) is 10.1. The van der Waals surface area contributed by atoms with Crippen molar-refractivity contribution >= 4 is 26.8 Å². The Bertz CT molecular complexity index is 809. The number of halogens is 3. The second kappa shape index (κ2) is 4.10. The van der Waals surface area contributed by atoms with Crippen molar-refractivity contribution in [3.8, 4) is 0 Å². The molecular formula is C9H5F3N2O5S. The minimum Gasteiger partial charge on any atom is -0.475 e. The van der Waals surface area contributed by atoms with Crippen molar-refractivity contribution in [3.63, 3.8) is 0 Å². The van der Waals surface area contributed by atoms with E-state index < -0.39 is 37.6 Å². The van der Waals surface area contributed by atoms with Gasteiger partial charge in [-0.05, 0) is 18.2 Å². The summed E-state index contributed by atoms with van der Waals surface area (Å²) >= 11 is 0. The lowest BCUT2D eigenvalue weighted by Crippen LogP contribution is -2.23. The Labute approximate surface area is 108 Å². The van der Waals surface area contributed by atoms with Gasteiger partial charge in [0.2, 0.25) is 0 Å². The van der Waals surface area contributed by atoms with E-state index in [0.29, 0.717) is 12.1 Å². The number of alkyl halides is 3. The van der Waals surface area contributed by atoms with Gasteiger partial charge in [0, 0.05) is 0 Å². The van der Waals surface area contributed by atoms with Crippen LogP contribution in [0.5, 0.6) is 0 Å². The highest BCUT2D eigenvalue weighted by molar-refractivity contribution is 7.92. The summed E-state index contributed by atoms with van der Waals surface area (Å²) in [5.74, 6) is -2.47. The number of rotatable bonds is 2. The van der Waals surface area contributed by atoms with Gasteiger partial charge in [0.25, 0.3) is 15.7 Å². The Hall–Kier alpha value is -2.30. The number of carboxylic acid groups (broad SMARTS) is 1. The van der Waals surface area contributed by atoms with Gasteiger partial charge in [0.15, 0.2) is 0 Å². The molecular weight excluding hydrogens is 305 g/mol. The molecule has 1 aromatic heterocycles. The molecule has 2 aromatic rings. The van der Waals surface area contributed by atoms with Crippen LogP contribution in [0.3, 0.4) is 0 Å². The Balaban J connectivity index is 2.72. The summed E-state index contributed by atoms with van der Waals surface area (Å²) in [7, 11) is -5.60. The number of benzene rings is 1. The van der Waals surface area contributed by atoms with E-state index in [2.05, 4.69) is 4.98 Å². The average molecular weight is 310 g/mol. The normalized spacial score (nSPS) is 12.8. The van der Waals surface area contributed by atoms with Gasteiger partial charge < -0.3 is 10.3 Å². The average Bonchev–Trinajstić information content (AvgIpc) is 2.65. The largest absolute Gasteiger partial charge is 0.501 e. The van der Waals surface area contributed by atoms with Gasteiger partial charge in [0.05, 0.1) is 10.4 Å². The third-order valence-corrected chi connectivity index (χ3v) is 3.89. The maximum Gasteiger partial charge on any atom is 0.501 e. The van der Waals surface area contributed by atoms with Gasteiger partial charge >= 0.3 is 11.5 Å². The third kappa shape index (κ3) is 1.95. The van der Waals surface area contributed by atoms with E-state index in [1.54, 1.807) is 0 Å². The smallest absolute Gasteiger partial charge is 0.475 e. The molecule has 0 saturated carbocycles. The number of hydrogen-bond acceptors (Lipinski definition) is 5. The SMILES string of the molecule is O=C(O)c1nc2ccc(S(=O)(=O)C(F)(F)F)cc2n1O. The number of aromatic carboxylic acids is 1. The van der Waals surface area contributed by atoms with Crippen LogP contribution in [0.2, 0.25) is 0 Å². The molecule has 0 atom stereocenters. The summed E-state index contributed by atoms with van der Waals surface area (Å²) in [5, 5.41) is 18.1. The lowest BCUT2D eigenvalue weighted by atomic mass is 10.3.